The average Bonchev–Trinajstić information content (AvgIpc) is 2.27. The number of fused-ring (bicyclic) bond motifs is 1. The second-order valence-corrected chi connectivity index (χ2v) is 3.96. The number of para-hydroxylation sites is 1. The summed E-state index contributed by atoms with van der Waals surface area (Å²) in [5.41, 5.74) is 0.921. The van der Waals surface area contributed by atoms with Crippen molar-refractivity contribution in [3.05, 3.63) is 30.5 Å². The highest BCUT2D eigenvalue weighted by atomic mass is 16.3. The minimum Gasteiger partial charge on any atom is -0.392 e. The molecule has 0 fully saturated rings. The van der Waals surface area contributed by atoms with Gasteiger partial charge in [-0.2, -0.15) is 0 Å². The maximum Gasteiger partial charge on any atom is 0.225 e. The maximum absolute atomic E-state index is 9.30. The molecule has 0 radical (unpaired) electrons. The molecule has 0 aliphatic heterocycles. The molecular formula is C12H15N3O. The molecular weight excluding hydrogens is 202 g/mol. The fourth-order valence-electron chi connectivity index (χ4n) is 1.62. The first-order valence-corrected chi connectivity index (χ1v) is 5.28. The summed E-state index contributed by atoms with van der Waals surface area (Å²) in [7, 11) is 1.87. The van der Waals surface area contributed by atoms with Crippen molar-refractivity contribution in [2.75, 3.05) is 18.5 Å². The lowest BCUT2D eigenvalue weighted by Gasteiger charge is -2.18. The molecule has 1 aromatic heterocycles. The molecule has 0 aliphatic rings. The molecule has 0 aliphatic carbocycles. The Bertz CT molecular complexity index is 484. The molecule has 0 spiro atoms. The van der Waals surface area contributed by atoms with Gasteiger partial charge in [-0.25, -0.2) is 9.97 Å². The standard InChI is InChI=1S/C12H15N3O/c1-9(16)8-15(2)12-13-7-10-5-3-4-6-11(10)14-12/h3-7,9,16H,8H2,1-2H3. The number of hydrogen-bond donors (Lipinski definition) is 1. The van der Waals surface area contributed by atoms with Gasteiger partial charge in [-0.05, 0) is 13.0 Å². The Morgan fingerprint density at radius 1 is 1.38 bits per heavy atom. The lowest BCUT2D eigenvalue weighted by atomic mass is 10.2. The Hall–Kier alpha value is -1.68. The van der Waals surface area contributed by atoms with Crippen LogP contribution in [-0.4, -0.2) is 34.8 Å². The number of aliphatic hydroxyl groups is 1. The molecule has 0 amide bonds. The number of nitrogens with zero attached hydrogens (tertiary/aromatic N) is 3. The summed E-state index contributed by atoms with van der Waals surface area (Å²) >= 11 is 0. The topological polar surface area (TPSA) is 49.2 Å². The van der Waals surface area contributed by atoms with Crippen molar-refractivity contribution in [3.63, 3.8) is 0 Å². The smallest absolute Gasteiger partial charge is 0.225 e. The Balaban J connectivity index is 2.32. The van der Waals surface area contributed by atoms with E-state index >= 15 is 0 Å². The molecule has 1 N–H and O–H groups in total. The Morgan fingerprint density at radius 3 is 2.88 bits per heavy atom. The number of hydrogen-bond acceptors (Lipinski definition) is 4. The van der Waals surface area contributed by atoms with E-state index in [4.69, 9.17) is 0 Å². The summed E-state index contributed by atoms with van der Waals surface area (Å²) in [6.07, 6.45) is 1.41. The molecule has 2 aromatic rings. The largest absolute Gasteiger partial charge is 0.392 e. The van der Waals surface area contributed by atoms with E-state index in [-0.39, 0.29) is 6.10 Å². The van der Waals surface area contributed by atoms with E-state index in [1.807, 2.05) is 36.2 Å². The van der Waals surface area contributed by atoms with Gasteiger partial charge in [0, 0.05) is 25.2 Å². The normalized spacial score (nSPS) is 12.7. The monoisotopic (exact) mass is 217 g/mol. The second kappa shape index (κ2) is 4.45. The molecule has 84 valence electrons. The molecule has 4 nitrogen and oxygen atoms in total. The first kappa shape index (κ1) is 10.8. The highest BCUT2D eigenvalue weighted by molar-refractivity contribution is 5.78. The van der Waals surface area contributed by atoms with Crippen LogP contribution in [0.1, 0.15) is 6.92 Å². The van der Waals surface area contributed by atoms with Crippen LogP contribution < -0.4 is 4.90 Å². The molecule has 0 bridgehead atoms. The van der Waals surface area contributed by atoms with Crippen LogP contribution in [-0.2, 0) is 0 Å². The van der Waals surface area contributed by atoms with E-state index in [0.29, 0.717) is 12.5 Å². The third kappa shape index (κ3) is 2.28. The molecule has 1 unspecified atom stereocenters. The minimum absolute atomic E-state index is 0.389. The van der Waals surface area contributed by atoms with Gasteiger partial charge in [-0.15, -0.1) is 0 Å². The molecule has 4 heteroatoms. The fraction of sp³-hybridized carbons (Fsp3) is 0.333. The van der Waals surface area contributed by atoms with Crippen molar-refractivity contribution < 1.29 is 5.11 Å². The molecule has 1 atom stereocenters. The number of anilines is 1. The van der Waals surface area contributed by atoms with Gasteiger partial charge < -0.3 is 10.0 Å². The van der Waals surface area contributed by atoms with Gasteiger partial charge in [0.2, 0.25) is 5.95 Å². The predicted molar refractivity (Wildman–Crippen MR) is 64.5 cm³/mol. The number of rotatable bonds is 3. The summed E-state index contributed by atoms with van der Waals surface area (Å²) in [4.78, 5) is 10.5. The van der Waals surface area contributed by atoms with Crippen molar-refractivity contribution in [1.82, 2.24) is 9.97 Å². The highest BCUT2D eigenvalue weighted by Crippen LogP contribution is 2.13. The van der Waals surface area contributed by atoms with Crippen LogP contribution in [0.2, 0.25) is 0 Å². The molecule has 0 saturated carbocycles. The van der Waals surface area contributed by atoms with Crippen LogP contribution in [0.25, 0.3) is 10.9 Å². The Labute approximate surface area is 94.6 Å². The maximum atomic E-state index is 9.30. The zero-order valence-electron chi connectivity index (χ0n) is 9.46. The van der Waals surface area contributed by atoms with Crippen LogP contribution in [0, 0.1) is 0 Å². The van der Waals surface area contributed by atoms with Crippen LogP contribution in [0.4, 0.5) is 5.95 Å². The lowest BCUT2D eigenvalue weighted by molar-refractivity contribution is 0.201. The molecule has 16 heavy (non-hydrogen) atoms. The first-order valence-electron chi connectivity index (χ1n) is 5.28. The van der Waals surface area contributed by atoms with Crippen LogP contribution in [0.3, 0.4) is 0 Å². The summed E-state index contributed by atoms with van der Waals surface area (Å²) < 4.78 is 0. The number of benzene rings is 1. The number of aromatic nitrogens is 2. The van der Waals surface area contributed by atoms with Gasteiger partial charge in [-0.3, -0.25) is 0 Å². The average molecular weight is 217 g/mol. The zero-order chi connectivity index (χ0) is 11.5. The van der Waals surface area contributed by atoms with Crippen molar-refractivity contribution in [3.8, 4) is 0 Å². The summed E-state index contributed by atoms with van der Waals surface area (Å²) in [5, 5.41) is 10.3. The van der Waals surface area contributed by atoms with E-state index in [2.05, 4.69) is 9.97 Å². The summed E-state index contributed by atoms with van der Waals surface area (Å²) in [5.74, 6) is 0.639. The van der Waals surface area contributed by atoms with Gasteiger partial charge in [0.25, 0.3) is 0 Å². The van der Waals surface area contributed by atoms with Gasteiger partial charge in [0.05, 0.1) is 11.6 Å². The van der Waals surface area contributed by atoms with Gasteiger partial charge >= 0.3 is 0 Å². The molecule has 1 aromatic carbocycles. The molecule has 0 saturated heterocycles. The SMILES string of the molecule is CC(O)CN(C)c1ncc2ccccc2n1. The van der Waals surface area contributed by atoms with Crippen LogP contribution in [0.5, 0.6) is 0 Å². The fourth-order valence-corrected chi connectivity index (χ4v) is 1.62. The Morgan fingerprint density at radius 2 is 2.12 bits per heavy atom. The van der Waals surface area contributed by atoms with Crippen LogP contribution in [0.15, 0.2) is 30.5 Å². The first-order chi connectivity index (χ1) is 7.66. The van der Waals surface area contributed by atoms with Crippen molar-refractivity contribution >= 4 is 16.9 Å². The van der Waals surface area contributed by atoms with E-state index in [1.165, 1.54) is 0 Å². The molecule has 1 heterocycles. The van der Waals surface area contributed by atoms with Crippen molar-refractivity contribution in [2.45, 2.75) is 13.0 Å². The number of aliphatic hydroxyl groups excluding tert-OH is 1. The minimum atomic E-state index is -0.389. The Kier molecular flexibility index (Phi) is 3.01. The van der Waals surface area contributed by atoms with Gasteiger partial charge in [0.1, 0.15) is 0 Å². The zero-order valence-corrected chi connectivity index (χ0v) is 9.46. The second-order valence-electron chi connectivity index (χ2n) is 3.96. The summed E-state index contributed by atoms with van der Waals surface area (Å²) in [6, 6.07) is 7.85. The third-order valence-corrected chi connectivity index (χ3v) is 2.36. The highest BCUT2D eigenvalue weighted by Gasteiger charge is 2.07. The van der Waals surface area contributed by atoms with Crippen LogP contribution >= 0.6 is 0 Å². The lowest BCUT2D eigenvalue weighted by Crippen LogP contribution is -2.28. The van der Waals surface area contributed by atoms with Crippen molar-refractivity contribution in [2.24, 2.45) is 0 Å². The third-order valence-electron chi connectivity index (χ3n) is 2.36. The van der Waals surface area contributed by atoms with E-state index in [1.54, 1.807) is 13.1 Å². The molecule has 2 rings (SSSR count). The van der Waals surface area contributed by atoms with Gasteiger partial charge in [0.15, 0.2) is 0 Å². The van der Waals surface area contributed by atoms with E-state index < -0.39 is 0 Å². The quantitative estimate of drug-likeness (QED) is 0.845. The summed E-state index contributed by atoms with van der Waals surface area (Å²) in [6.45, 7) is 2.27. The van der Waals surface area contributed by atoms with E-state index in [0.717, 1.165) is 10.9 Å². The van der Waals surface area contributed by atoms with E-state index in [9.17, 15) is 5.11 Å². The number of likely N-dealkylation sites (N-methyl/N-ethyl adjacent to an activating group) is 1. The van der Waals surface area contributed by atoms with Crippen molar-refractivity contribution in [1.29, 1.82) is 0 Å². The van der Waals surface area contributed by atoms with Gasteiger partial charge in [-0.1, -0.05) is 18.2 Å². The predicted octanol–water partition coefficient (Wildman–Crippen LogP) is 1.45.